The number of hydrogen-bond acceptors (Lipinski definition) is 1. The number of hydrogen-bond donors (Lipinski definition) is 1. The molecule has 2 amide bonds. The van der Waals surface area contributed by atoms with Crippen LogP contribution in [0.1, 0.15) is 49.3 Å². The van der Waals surface area contributed by atoms with E-state index in [0.717, 1.165) is 29.8 Å². The Hall–Kier alpha value is -2.29. The van der Waals surface area contributed by atoms with Crippen LogP contribution < -0.4 is 5.32 Å². The van der Waals surface area contributed by atoms with E-state index in [9.17, 15) is 4.79 Å². The molecule has 25 heavy (non-hydrogen) atoms. The Morgan fingerprint density at radius 1 is 1.00 bits per heavy atom. The van der Waals surface area contributed by atoms with Crippen molar-refractivity contribution in [2.24, 2.45) is 0 Å². The minimum Gasteiger partial charge on any atom is -0.320 e. The van der Waals surface area contributed by atoms with Crippen LogP contribution in [0.2, 0.25) is 0 Å². The SMILES string of the molecule is CCCCCCN(Cc1ccccc1)C(=O)Nc1ccc(C)cc1C. The molecule has 2 aromatic carbocycles. The van der Waals surface area contributed by atoms with Crippen LogP contribution in [0.5, 0.6) is 0 Å². The fourth-order valence-corrected chi connectivity index (χ4v) is 2.93. The van der Waals surface area contributed by atoms with E-state index < -0.39 is 0 Å². The van der Waals surface area contributed by atoms with Gasteiger partial charge in [-0.2, -0.15) is 0 Å². The highest BCUT2D eigenvalue weighted by Gasteiger charge is 2.14. The second-order valence-corrected chi connectivity index (χ2v) is 6.72. The second kappa shape index (κ2) is 9.87. The van der Waals surface area contributed by atoms with E-state index in [2.05, 4.69) is 37.4 Å². The third-order valence-electron chi connectivity index (χ3n) is 4.41. The number of carbonyl (C=O) groups is 1. The standard InChI is InChI=1S/C22H30N2O/c1-4-5-6-10-15-24(17-20-11-8-7-9-12-20)22(25)23-21-14-13-18(2)16-19(21)3/h7-9,11-14,16H,4-6,10,15,17H2,1-3H3,(H,23,25). The topological polar surface area (TPSA) is 32.3 Å². The molecule has 0 heterocycles. The van der Waals surface area contributed by atoms with Crippen LogP contribution in [0.3, 0.4) is 0 Å². The Bertz CT molecular complexity index is 667. The van der Waals surface area contributed by atoms with Crippen molar-refractivity contribution in [3.8, 4) is 0 Å². The zero-order chi connectivity index (χ0) is 18.1. The highest BCUT2D eigenvalue weighted by molar-refractivity contribution is 5.90. The zero-order valence-corrected chi connectivity index (χ0v) is 15.7. The van der Waals surface area contributed by atoms with Gasteiger partial charge in [0, 0.05) is 18.8 Å². The predicted octanol–water partition coefficient (Wildman–Crippen LogP) is 5.92. The summed E-state index contributed by atoms with van der Waals surface area (Å²) >= 11 is 0. The van der Waals surface area contributed by atoms with Crippen LogP contribution >= 0.6 is 0 Å². The Morgan fingerprint density at radius 3 is 2.44 bits per heavy atom. The van der Waals surface area contributed by atoms with Gasteiger partial charge in [0.1, 0.15) is 0 Å². The Morgan fingerprint density at radius 2 is 1.76 bits per heavy atom. The van der Waals surface area contributed by atoms with E-state index in [0.29, 0.717) is 6.54 Å². The predicted molar refractivity (Wildman–Crippen MR) is 106 cm³/mol. The number of amides is 2. The van der Waals surface area contributed by atoms with Gasteiger partial charge >= 0.3 is 6.03 Å². The molecular weight excluding hydrogens is 308 g/mol. The Kier molecular flexibility index (Phi) is 7.52. The number of anilines is 1. The molecule has 0 fully saturated rings. The molecule has 0 saturated carbocycles. The van der Waals surface area contributed by atoms with Crippen LogP contribution in [0.4, 0.5) is 10.5 Å². The Labute approximate surface area is 152 Å². The second-order valence-electron chi connectivity index (χ2n) is 6.72. The summed E-state index contributed by atoms with van der Waals surface area (Å²) in [6.45, 7) is 7.73. The molecule has 2 rings (SSSR count). The molecular formula is C22H30N2O. The lowest BCUT2D eigenvalue weighted by Gasteiger charge is -2.24. The number of aryl methyl sites for hydroxylation is 2. The number of urea groups is 1. The van der Waals surface area contributed by atoms with Crippen molar-refractivity contribution in [2.45, 2.75) is 53.0 Å². The molecule has 0 spiro atoms. The molecule has 2 aromatic rings. The summed E-state index contributed by atoms with van der Waals surface area (Å²) in [5.41, 5.74) is 4.35. The van der Waals surface area contributed by atoms with Crippen LogP contribution in [0, 0.1) is 13.8 Å². The van der Waals surface area contributed by atoms with Crippen molar-refractivity contribution >= 4 is 11.7 Å². The summed E-state index contributed by atoms with van der Waals surface area (Å²) in [6.07, 6.45) is 4.63. The summed E-state index contributed by atoms with van der Waals surface area (Å²) in [5, 5.41) is 3.09. The first-order chi connectivity index (χ1) is 12.1. The number of unbranched alkanes of at least 4 members (excludes halogenated alkanes) is 3. The first-order valence-corrected chi connectivity index (χ1v) is 9.27. The van der Waals surface area contributed by atoms with Crippen LogP contribution in [0.15, 0.2) is 48.5 Å². The van der Waals surface area contributed by atoms with Crippen LogP contribution in [0.25, 0.3) is 0 Å². The number of rotatable bonds is 8. The average Bonchev–Trinajstić information content (AvgIpc) is 2.61. The maximum atomic E-state index is 12.8. The fraction of sp³-hybridized carbons (Fsp3) is 0.409. The molecule has 0 unspecified atom stereocenters. The van der Waals surface area contributed by atoms with E-state index in [1.807, 2.05) is 42.2 Å². The van der Waals surface area contributed by atoms with Gasteiger partial charge in [-0.1, -0.05) is 74.2 Å². The minimum atomic E-state index is -0.0210. The first kappa shape index (κ1) is 19.0. The minimum absolute atomic E-state index is 0.0210. The smallest absolute Gasteiger partial charge is 0.320 e. The lowest BCUT2D eigenvalue weighted by Crippen LogP contribution is -2.35. The van der Waals surface area contributed by atoms with Crippen LogP contribution in [-0.2, 0) is 6.54 Å². The maximum Gasteiger partial charge on any atom is 0.322 e. The van der Waals surface area contributed by atoms with Crippen molar-refractivity contribution < 1.29 is 4.79 Å². The highest BCUT2D eigenvalue weighted by atomic mass is 16.2. The van der Waals surface area contributed by atoms with Gasteiger partial charge in [0.2, 0.25) is 0 Å². The lowest BCUT2D eigenvalue weighted by molar-refractivity contribution is 0.207. The van der Waals surface area contributed by atoms with Crippen molar-refractivity contribution in [1.82, 2.24) is 4.90 Å². The molecule has 0 aliphatic heterocycles. The van der Waals surface area contributed by atoms with Gasteiger partial charge < -0.3 is 10.2 Å². The molecule has 134 valence electrons. The van der Waals surface area contributed by atoms with Gasteiger partial charge in [-0.25, -0.2) is 4.79 Å². The fourth-order valence-electron chi connectivity index (χ4n) is 2.93. The lowest BCUT2D eigenvalue weighted by atomic mass is 10.1. The largest absolute Gasteiger partial charge is 0.322 e. The van der Waals surface area contributed by atoms with Gasteiger partial charge in [0.15, 0.2) is 0 Å². The first-order valence-electron chi connectivity index (χ1n) is 9.27. The van der Waals surface area contributed by atoms with Crippen molar-refractivity contribution in [3.05, 3.63) is 65.2 Å². The molecule has 0 atom stereocenters. The molecule has 0 aliphatic rings. The van der Waals surface area contributed by atoms with Gasteiger partial charge in [-0.05, 0) is 37.5 Å². The summed E-state index contributed by atoms with van der Waals surface area (Å²) in [5.74, 6) is 0. The number of nitrogens with zero attached hydrogens (tertiary/aromatic N) is 1. The van der Waals surface area contributed by atoms with Gasteiger partial charge in [-0.3, -0.25) is 0 Å². The number of nitrogens with one attached hydrogen (secondary N) is 1. The van der Waals surface area contributed by atoms with E-state index in [-0.39, 0.29) is 6.03 Å². The molecule has 0 aromatic heterocycles. The summed E-state index contributed by atoms with van der Waals surface area (Å²) < 4.78 is 0. The van der Waals surface area contributed by atoms with Crippen molar-refractivity contribution in [3.63, 3.8) is 0 Å². The van der Waals surface area contributed by atoms with Gasteiger partial charge in [-0.15, -0.1) is 0 Å². The molecule has 3 nitrogen and oxygen atoms in total. The number of carbonyl (C=O) groups excluding carboxylic acids is 1. The highest BCUT2D eigenvalue weighted by Crippen LogP contribution is 2.17. The Balaban J connectivity index is 2.05. The van der Waals surface area contributed by atoms with Crippen molar-refractivity contribution in [1.29, 1.82) is 0 Å². The molecule has 0 saturated heterocycles. The monoisotopic (exact) mass is 338 g/mol. The average molecular weight is 338 g/mol. The van der Waals surface area contributed by atoms with Gasteiger partial charge in [0.25, 0.3) is 0 Å². The molecule has 0 radical (unpaired) electrons. The third-order valence-corrected chi connectivity index (χ3v) is 4.41. The molecule has 0 bridgehead atoms. The van der Waals surface area contributed by atoms with E-state index in [1.54, 1.807) is 0 Å². The normalized spacial score (nSPS) is 10.5. The van der Waals surface area contributed by atoms with Gasteiger partial charge in [0.05, 0.1) is 0 Å². The number of benzene rings is 2. The van der Waals surface area contributed by atoms with E-state index >= 15 is 0 Å². The summed E-state index contributed by atoms with van der Waals surface area (Å²) in [6, 6.07) is 16.3. The summed E-state index contributed by atoms with van der Waals surface area (Å²) in [7, 11) is 0. The third kappa shape index (κ3) is 6.26. The molecule has 1 N–H and O–H groups in total. The zero-order valence-electron chi connectivity index (χ0n) is 15.7. The van der Waals surface area contributed by atoms with E-state index in [1.165, 1.54) is 24.8 Å². The molecule has 3 heteroatoms. The van der Waals surface area contributed by atoms with Crippen LogP contribution in [-0.4, -0.2) is 17.5 Å². The molecule has 0 aliphatic carbocycles. The van der Waals surface area contributed by atoms with E-state index in [4.69, 9.17) is 0 Å². The van der Waals surface area contributed by atoms with Crippen molar-refractivity contribution in [2.75, 3.05) is 11.9 Å². The summed E-state index contributed by atoms with van der Waals surface area (Å²) in [4.78, 5) is 14.8. The maximum absolute atomic E-state index is 12.8. The quantitative estimate of drug-likeness (QED) is 0.595.